The number of anilines is 1. The van der Waals surface area contributed by atoms with Crippen LogP contribution in [-0.2, 0) is 23.1 Å². The molecule has 0 atom stereocenters. The molecule has 9 nitrogen and oxygen atoms in total. The summed E-state index contributed by atoms with van der Waals surface area (Å²) in [7, 11) is 3.12. The SMILES string of the molecule is COC(=O)c1ccc(CNC(=O)c2cccc(NC(=O)CSc3nncn3C)c2)cc1. The molecule has 31 heavy (non-hydrogen) atoms. The first-order valence-electron chi connectivity index (χ1n) is 9.28. The van der Waals surface area contributed by atoms with Crippen molar-refractivity contribution in [3.63, 3.8) is 0 Å². The van der Waals surface area contributed by atoms with Crippen molar-refractivity contribution in [1.29, 1.82) is 0 Å². The Morgan fingerprint density at radius 1 is 1.10 bits per heavy atom. The number of esters is 1. The number of ether oxygens (including phenoxy) is 1. The standard InChI is InChI=1S/C21H21N5O4S/c1-26-13-23-25-21(26)31-12-18(27)24-17-5-3-4-16(10-17)19(28)22-11-14-6-8-15(9-7-14)20(29)30-2/h3-10,13H,11-12H2,1-2H3,(H,22,28)(H,24,27). The van der Waals surface area contributed by atoms with Gasteiger partial charge in [0.15, 0.2) is 5.16 Å². The number of carbonyl (C=O) groups excluding carboxylic acids is 3. The molecule has 10 heteroatoms. The summed E-state index contributed by atoms with van der Waals surface area (Å²) in [6.07, 6.45) is 1.57. The summed E-state index contributed by atoms with van der Waals surface area (Å²) in [6.45, 7) is 0.297. The number of hydrogen-bond donors (Lipinski definition) is 2. The minimum absolute atomic E-state index is 0.171. The zero-order valence-electron chi connectivity index (χ0n) is 17.0. The fourth-order valence-electron chi connectivity index (χ4n) is 2.63. The fraction of sp³-hybridized carbons (Fsp3) is 0.190. The number of methoxy groups -OCH3 is 1. The van der Waals surface area contributed by atoms with E-state index in [1.54, 1.807) is 66.5 Å². The van der Waals surface area contributed by atoms with E-state index < -0.39 is 5.97 Å². The molecule has 3 rings (SSSR count). The second-order valence-corrected chi connectivity index (χ2v) is 7.46. The number of benzene rings is 2. The third kappa shape index (κ3) is 6.16. The van der Waals surface area contributed by atoms with Crippen LogP contribution in [0.3, 0.4) is 0 Å². The number of amides is 2. The maximum atomic E-state index is 12.5. The van der Waals surface area contributed by atoms with Crippen LogP contribution in [0.4, 0.5) is 5.69 Å². The van der Waals surface area contributed by atoms with Crippen LogP contribution in [0.25, 0.3) is 0 Å². The Balaban J connectivity index is 1.52. The minimum Gasteiger partial charge on any atom is -0.465 e. The number of aromatic nitrogens is 3. The lowest BCUT2D eigenvalue weighted by Crippen LogP contribution is -2.23. The highest BCUT2D eigenvalue weighted by Gasteiger charge is 2.10. The zero-order chi connectivity index (χ0) is 22.2. The zero-order valence-corrected chi connectivity index (χ0v) is 17.8. The molecule has 1 heterocycles. The van der Waals surface area contributed by atoms with Crippen molar-refractivity contribution in [3.8, 4) is 0 Å². The minimum atomic E-state index is -0.413. The molecule has 0 unspecified atom stereocenters. The Labute approximate surface area is 183 Å². The Morgan fingerprint density at radius 3 is 2.55 bits per heavy atom. The Bertz CT molecular complexity index is 1080. The molecule has 3 aromatic rings. The van der Waals surface area contributed by atoms with Gasteiger partial charge in [0.2, 0.25) is 5.91 Å². The van der Waals surface area contributed by atoms with Gasteiger partial charge in [-0.15, -0.1) is 10.2 Å². The highest BCUT2D eigenvalue weighted by atomic mass is 32.2. The predicted octanol–water partition coefficient (Wildman–Crippen LogP) is 2.26. The van der Waals surface area contributed by atoms with E-state index in [0.717, 1.165) is 5.56 Å². The second-order valence-electron chi connectivity index (χ2n) is 6.51. The van der Waals surface area contributed by atoms with Gasteiger partial charge in [0.25, 0.3) is 5.91 Å². The molecule has 0 bridgehead atoms. The number of rotatable bonds is 8. The Morgan fingerprint density at radius 2 is 1.87 bits per heavy atom. The van der Waals surface area contributed by atoms with E-state index >= 15 is 0 Å². The van der Waals surface area contributed by atoms with Gasteiger partial charge < -0.3 is 19.9 Å². The van der Waals surface area contributed by atoms with Crippen molar-refractivity contribution in [2.45, 2.75) is 11.7 Å². The van der Waals surface area contributed by atoms with Crippen molar-refractivity contribution in [2.24, 2.45) is 7.05 Å². The van der Waals surface area contributed by atoms with Gasteiger partial charge in [0.05, 0.1) is 18.4 Å². The third-order valence-electron chi connectivity index (χ3n) is 4.24. The molecule has 0 saturated carbocycles. The first-order chi connectivity index (χ1) is 15.0. The molecule has 0 saturated heterocycles. The van der Waals surface area contributed by atoms with E-state index in [2.05, 4.69) is 25.6 Å². The predicted molar refractivity (Wildman–Crippen MR) is 116 cm³/mol. The summed E-state index contributed by atoms with van der Waals surface area (Å²) in [4.78, 5) is 36.1. The molecule has 0 spiro atoms. The summed E-state index contributed by atoms with van der Waals surface area (Å²) >= 11 is 1.27. The van der Waals surface area contributed by atoms with Crippen LogP contribution in [0.2, 0.25) is 0 Å². The van der Waals surface area contributed by atoms with Gasteiger partial charge in [-0.3, -0.25) is 9.59 Å². The van der Waals surface area contributed by atoms with Gasteiger partial charge in [-0.25, -0.2) is 4.79 Å². The molecule has 2 amide bonds. The van der Waals surface area contributed by atoms with Crippen LogP contribution in [0, 0.1) is 0 Å². The molecule has 0 aliphatic carbocycles. The summed E-state index contributed by atoms with van der Waals surface area (Å²) in [6, 6.07) is 13.5. The van der Waals surface area contributed by atoms with Gasteiger partial charge in [-0.1, -0.05) is 30.0 Å². The molecular formula is C21H21N5O4S. The van der Waals surface area contributed by atoms with E-state index in [9.17, 15) is 14.4 Å². The van der Waals surface area contributed by atoms with E-state index in [-0.39, 0.29) is 17.6 Å². The van der Waals surface area contributed by atoms with Crippen LogP contribution in [0.1, 0.15) is 26.3 Å². The monoisotopic (exact) mass is 439 g/mol. The van der Waals surface area contributed by atoms with Gasteiger partial charge >= 0.3 is 5.97 Å². The lowest BCUT2D eigenvalue weighted by atomic mass is 10.1. The van der Waals surface area contributed by atoms with Crippen molar-refractivity contribution < 1.29 is 19.1 Å². The maximum absolute atomic E-state index is 12.5. The largest absolute Gasteiger partial charge is 0.465 e. The fourth-order valence-corrected chi connectivity index (χ4v) is 3.32. The van der Waals surface area contributed by atoms with Crippen LogP contribution in [0.5, 0.6) is 0 Å². The molecule has 0 aliphatic rings. The van der Waals surface area contributed by atoms with Crippen LogP contribution < -0.4 is 10.6 Å². The highest BCUT2D eigenvalue weighted by molar-refractivity contribution is 7.99. The summed E-state index contributed by atoms with van der Waals surface area (Å²) in [5.41, 5.74) is 2.23. The smallest absolute Gasteiger partial charge is 0.337 e. The molecular weight excluding hydrogens is 418 g/mol. The van der Waals surface area contributed by atoms with E-state index in [1.165, 1.54) is 18.9 Å². The molecule has 0 aliphatic heterocycles. The van der Waals surface area contributed by atoms with Gasteiger partial charge in [-0.2, -0.15) is 0 Å². The Kier molecular flexibility index (Phi) is 7.39. The normalized spacial score (nSPS) is 10.4. The van der Waals surface area contributed by atoms with Gasteiger partial charge in [0, 0.05) is 24.8 Å². The van der Waals surface area contributed by atoms with Crippen LogP contribution in [-0.4, -0.2) is 45.4 Å². The van der Waals surface area contributed by atoms with Gasteiger partial charge in [0.1, 0.15) is 6.33 Å². The molecule has 2 N–H and O–H groups in total. The van der Waals surface area contributed by atoms with E-state index in [0.29, 0.717) is 28.5 Å². The molecule has 2 aromatic carbocycles. The molecule has 1 aromatic heterocycles. The number of hydrogen-bond acceptors (Lipinski definition) is 7. The average molecular weight is 439 g/mol. The summed E-state index contributed by atoms with van der Waals surface area (Å²) in [5.74, 6) is -0.730. The van der Waals surface area contributed by atoms with Crippen molar-refractivity contribution in [3.05, 3.63) is 71.5 Å². The first-order valence-corrected chi connectivity index (χ1v) is 10.3. The average Bonchev–Trinajstić information content (AvgIpc) is 3.20. The number of nitrogens with one attached hydrogen (secondary N) is 2. The van der Waals surface area contributed by atoms with Crippen molar-refractivity contribution in [2.75, 3.05) is 18.2 Å². The van der Waals surface area contributed by atoms with Crippen molar-refractivity contribution in [1.82, 2.24) is 20.1 Å². The lowest BCUT2D eigenvalue weighted by Gasteiger charge is -2.09. The topological polar surface area (TPSA) is 115 Å². The van der Waals surface area contributed by atoms with Gasteiger partial charge in [-0.05, 0) is 35.9 Å². The highest BCUT2D eigenvalue weighted by Crippen LogP contribution is 2.15. The summed E-state index contributed by atoms with van der Waals surface area (Å²) in [5, 5.41) is 13.9. The number of carbonyl (C=O) groups is 3. The third-order valence-corrected chi connectivity index (χ3v) is 5.27. The van der Waals surface area contributed by atoms with Crippen molar-refractivity contribution >= 4 is 35.2 Å². The van der Waals surface area contributed by atoms with Crippen LogP contribution >= 0.6 is 11.8 Å². The Hall–Kier alpha value is -3.66. The number of aryl methyl sites for hydroxylation is 1. The quantitative estimate of drug-likeness (QED) is 0.409. The first kappa shape index (κ1) is 22.0. The summed E-state index contributed by atoms with van der Waals surface area (Å²) < 4.78 is 6.39. The van der Waals surface area contributed by atoms with Crippen LogP contribution in [0.15, 0.2) is 60.0 Å². The second kappa shape index (κ2) is 10.4. The maximum Gasteiger partial charge on any atom is 0.337 e. The van der Waals surface area contributed by atoms with E-state index in [1.807, 2.05) is 0 Å². The number of nitrogens with zero attached hydrogens (tertiary/aromatic N) is 3. The lowest BCUT2D eigenvalue weighted by molar-refractivity contribution is -0.113. The molecule has 160 valence electrons. The van der Waals surface area contributed by atoms with E-state index in [4.69, 9.17) is 0 Å². The molecule has 0 fully saturated rings. The molecule has 0 radical (unpaired) electrons. The number of thioether (sulfide) groups is 1.